The van der Waals surface area contributed by atoms with Gasteiger partial charge in [-0.15, -0.1) is 0 Å². The first-order valence-corrected chi connectivity index (χ1v) is 6.37. The molecule has 3 N–H and O–H groups in total. The second-order valence-electron chi connectivity index (χ2n) is 5.03. The van der Waals surface area contributed by atoms with Crippen LogP contribution in [0.15, 0.2) is 0 Å². The smallest absolute Gasteiger partial charge is 0.0223 e. The van der Waals surface area contributed by atoms with Crippen LogP contribution in [-0.2, 0) is 0 Å². The molecule has 0 amide bonds. The third-order valence-corrected chi connectivity index (χ3v) is 4.01. The molecule has 0 aromatic carbocycles. The molecule has 1 aliphatic carbocycles. The first kappa shape index (κ1) is 10.4. The lowest BCUT2D eigenvalue weighted by molar-refractivity contribution is 0.234. The Kier molecular flexibility index (Phi) is 3.82. The molecule has 2 aliphatic rings. The van der Waals surface area contributed by atoms with Gasteiger partial charge in [0.1, 0.15) is 0 Å². The largest absolute Gasteiger partial charge is 0.326 e. The Hall–Kier alpha value is -0.0800. The van der Waals surface area contributed by atoms with E-state index in [0.29, 0.717) is 12.1 Å². The second-order valence-corrected chi connectivity index (χ2v) is 5.03. The summed E-state index contributed by atoms with van der Waals surface area (Å²) in [5, 5.41) is 3.59. The van der Waals surface area contributed by atoms with Crippen molar-refractivity contribution < 1.29 is 0 Å². The molecule has 2 nitrogen and oxygen atoms in total. The molecular formula is C12H24N2. The number of rotatable bonds is 2. The van der Waals surface area contributed by atoms with Gasteiger partial charge in [-0.1, -0.05) is 25.7 Å². The molecule has 1 aliphatic heterocycles. The Morgan fingerprint density at radius 1 is 0.929 bits per heavy atom. The van der Waals surface area contributed by atoms with Crippen LogP contribution in [-0.4, -0.2) is 18.6 Å². The van der Waals surface area contributed by atoms with E-state index in [2.05, 4.69) is 5.32 Å². The van der Waals surface area contributed by atoms with Crippen LogP contribution < -0.4 is 11.1 Å². The first-order chi connectivity index (χ1) is 6.88. The van der Waals surface area contributed by atoms with E-state index < -0.39 is 0 Å². The van der Waals surface area contributed by atoms with E-state index >= 15 is 0 Å². The van der Waals surface area contributed by atoms with Gasteiger partial charge in [0, 0.05) is 12.1 Å². The summed E-state index contributed by atoms with van der Waals surface area (Å²) in [6, 6.07) is 1.04. The van der Waals surface area contributed by atoms with Crippen molar-refractivity contribution >= 4 is 0 Å². The molecule has 0 radical (unpaired) electrons. The zero-order valence-corrected chi connectivity index (χ0v) is 9.17. The van der Waals surface area contributed by atoms with Crippen molar-refractivity contribution in [2.24, 2.45) is 11.7 Å². The van der Waals surface area contributed by atoms with E-state index in [1.165, 1.54) is 57.9 Å². The third kappa shape index (κ3) is 2.48. The van der Waals surface area contributed by atoms with Crippen LogP contribution in [0.1, 0.15) is 51.4 Å². The molecule has 82 valence electrons. The predicted octanol–water partition coefficient (Wildman–Crippen LogP) is 2.04. The van der Waals surface area contributed by atoms with Crippen LogP contribution >= 0.6 is 0 Å². The van der Waals surface area contributed by atoms with Crippen molar-refractivity contribution in [3.63, 3.8) is 0 Å². The molecule has 2 atom stereocenters. The minimum absolute atomic E-state index is 0.426. The summed E-state index contributed by atoms with van der Waals surface area (Å²) < 4.78 is 0. The maximum absolute atomic E-state index is 6.36. The fourth-order valence-electron chi connectivity index (χ4n) is 3.05. The Morgan fingerprint density at radius 3 is 2.29 bits per heavy atom. The summed E-state index contributed by atoms with van der Waals surface area (Å²) in [5.74, 6) is 0.805. The van der Waals surface area contributed by atoms with Crippen molar-refractivity contribution in [3.05, 3.63) is 0 Å². The molecule has 2 rings (SSSR count). The standard InChI is InChI=1S/C12H24N2/c13-12(10-6-2-1-3-7-10)11-8-4-5-9-14-11/h10-12,14H,1-9,13H2. The normalized spacial score (nSPS) is 32.8. The fraction of sp³-hybridized carbons (Fsp3) is 1.00. The van der Waals surface area contributed by atoms with Gasteiger partial charge in [-0.25, -0.2) is 0 Å². The SMILES string of the molecule is NC(C1CCCCC1)C1CCCCN1. The number of hydrogen-bond donors (Lipinski definition) is 2. The zero-order valence-electron chi connectivity index (χ0n) is 9.17. The summed E-state index contributed by atoms with van der Waals surface area (Å²) >= 11 is 0. The van der Waals surface area contributed by atoms with Gasteiger partial charge < -0.3 is 11.1 Å². The summed E-state index contributed by atoms with van der Waals surface area (Å²) in [6.07, 6.45) is 11.0. The molecule has 0 aromatic heterocycles. The lowest BCUT2D eigenvalue weighted by Gasteiger charge is -2.35. The van der Waals surface area contributed by atoms with Gasteiger partial charge in [-0.3, -0.25) is 0 Å². The highest BCUT2D eigenvalue weighted by atomic mass is 15.0. The van der Waals surface area contributed by atoms with Crippen molar-refractivity contribution in [2.75, 3.05) is 6.54 Å². The highest BCUT2D eigenvalue weighted by Gasteiger charge is 2.28. The van der Waals surface area contributed by atoms with Crippen molar-refractivity contribution in [1.82, 2.24) is 5.32 Å². The van der Waals surface area contributed by atoms with Gasteiger partial charge in [0.15, 0.2) is 0 Å². The number of hydrogen-bond acceptors (Lipinski definition) is 2. The third-order valence-electron chi connectivity index (χ3n) is 4.01. The van der Waals surface area contributed by atoms with Crippen LogP contribution in [0, 0.1) is 5.92 Å². The van der Waals surface area contributed by atoms with Gasteiger partial charge in [-0.2, -0.15) is 0 Å². The lowest BCUT2D eigenvalue weighted by Crippen LogP contribution is -2.51. The van der Waals surface area contributed by atoms with E-state index in [1.807, 2.05) is 0 Å². The minimum Gasteiger partial charge on any atom is -0.326 e. The summed E-state index contributed by atoms with van der Waals surface area (Å²) in [7, 11) is 0. The lowest BCUT2D eigenvalue weighted by atomic mass is 9.80. The summed E-state index contributed by atoms with van der Waals surface area (Å²) in [4.78, 5) is 0. The van der Waals surface area contributed by atoms with Crippen LogP contribution in [0.2, 0.25) is 0 Å². The van der Waals surface area contributed by atoms with E-state index in [0.717, 1.165) is 5.92 Å². The maximum Gasteiger partial charge on any atom is 0.0223 e. The minimum atomic E-state index is 0.426. The highest BCUT2D eigenvalue weighted by Crippen LogP contribution is 2.28. The average molecular weight is 196 g/mol. The van der Waals surface area contributed by atoms with E-state index in [4.69, 9.17) is 5.73 Å². The molecule has 0 aromatic rings. The Morgan fingerprint density at radius 2 is 1.64 bits per heavy atom. The van der Waals surface area contributed by atoms with E-state index in [-0.39, 0.29) is 0 Å². The van der Waals surface area contributed by atoms with Crippen molar-refractivity contribution in [1.29, 1.82) is 0 Å². The van der Waals surface area contributed by atoms with Crippen molar-refractivity contribution in [2.45, 2.75) is 63.5 Å². The van der Waals surface area contributed by atoms with Crippen molar-refractivity contribution in [3.8, 4) is 0 Å². The van der Waals surface area contributed by atoms with Gasteiger partial charge in [0.25, 0.3) is 0 Å². The fourth-order valence-corrected chi connectivity index (χ4v) is 3.05. The molecular weight excluding hydrogens is 172 g/mol. The van der Waals surface area contributed by atoms with E-state index in [9.17, 15) is 0 Å². The molecule has 1 saturated carbocycles. The predicted molar refractivity (Wildman–Crippen MR) is 60.2 cm³/mol. The number of nitrogens with one attached hydrogen (secondary N) is 1. The Labute approximate surface area is 87.6 Å². The van der Waals surface area contributed by atoms with Crippen LogP contribution in [0.25, 0.3) is 0 Å². The second kappa shape index (κ2) is 5.13. The molecule has 2 heteroatoms. The zero-order chi connectivity index (χ0) is 9.80. The molecule has 14 heavy (non-hydrogen) atoms. The Bertz CT molecular complexity index is 140. The monoisotopic (exact) mass is 196 g/mol. The Balaban J connectivity index is 1.82. The number of piperidine rings is 1. The number of nitrogens with two attached hydrogens (primary N) is 1. The van der Waals surface area contributed by atoms with Crippen LogP contribution in [0.5, 0.6) is 0 Å². The van der Waals surface area contributed by atoms with Crippen LogP contribution in [0.3, 0.4) is 0 Å². The molecule has 2 fully saturated rings. The molecule has 2 unspecified atom stereocenters. The summed E-state index contributed by atoms with van der Waals surface area (Å²) in [6.45, 7) is 1.19. The maximum atomic E-state index is 6.36. The average Bonchev–Trinajstić information content (AvgIpc) is 2.30. The highest BCUT2D eigenvalue weighted by molar-refractivity contribution is 4.88. The van der Waals surface area contributed by atoms with Gasteiger partial charge in [0.05, 0.1) is 0 Å². The molecule has 0 spiro atoms. The summed E-state index contributed by atoms with van der Waals surface area (Å²) in [5.41, 5.74) is 6.36. The molecule has 1 saturated heterocycles. The van der Waals surface area contributed by atoms with Gasteiger partial charge in [0.2, 0.25) is 0 Å². The van der Waals surface area contributed by atoms with Gasteiger partial charge >= 0.3 is 0 Å². The van der Waals surface area contributed by atoms with Crippen LogP contribution in [0.4, 0.5) is 0 Å². The van der Waals surface area contributed by atoms with E-state index in [1.54, 1.807) is 0 Å². The van der Waals surface area contributed by atoms with Gasteiger partial charge in [-0.05, 0) is 38.1 Å². The molecule has 1 heterocycles. The molecule has 0 bridgehead atoms. The first-order valence-electron chi connectivity index (χ1n) is 6.37. The topological polar surface area (TPSA) is 38.0 Å². The quantitative estimate of drug-likeness (QED) is 0.709.